The summed E-state index contributed by atoms with van der Waals surface area (Å²) in [7, 11) is -3.83. The SMILES string of the molecule is N#Cc1cccc(NC(=O)Cc2ccc(NS(=O)(=O)c3ccc(Cl)c(Cl)c3)cc2)c1. The highest BCUT2D eigenvalue weighted by atomic mass is 35.5. The summed E-state index contributed by atoms with van der Waals surface area (Å²) in [6.07, 6.45) is 0.0939. The highest BCUT2D eigenvalue weighted by Gasteiger charge is 2.16. The summed E-state index contributed by atoms with van der Waals surface area (Å²) in [6, 6.07) is 19.1. The van der Waals surface area contributed by atoms with Crippen LogP contribution in [-0.2, 0) is 21.2 Å². The minimum absolute atomic E-state index is 0.0139. The number of nitriles is 1. The van der Waals surface area contributed by atoms with Gasteiger partial charge in [0.1, 0.15) is 0 Å². The summed E-state index contributed by atoms with van der Waals surface area (Å²) in [6.45, 7) is 0. The Bertz CT molecular complexity index is 1240. The predicted octanol–water partition coefficient (Wildman–Crippen LogP) is 4.85. The number of carbonyl (C=O) groups is 1. The van der Waals surface area contributed by atoms with Gasteiger partial charge in [-0.15, -0.1) is 0 Å². The fourth-order valence-corrected chi connectivity index (χ4v) is 4.05. The molecule has 30 heavy (non-hydrogen) atoms. The number of halogens is 2. The summed E-state index contributed by atoms with van der Waals surface area (Å²) in [5.74, 6) is -0.255. The van der Waals surface area contributed by atoms with E-state index in [0.29, 0.717) is 22.5 Å². The summed E-state index contributed by atoms with van der Waals surface area (Å²) in [4.78, 5) is 12.2. The maximum atomic E-state index is 12.5. The number of benzene rings is 3. The van der Waals surface area contributed by atoms with Gasteiger partial charge < -0.3 is 5.32 Å². The Morgan fingerprint density at radius 1 is 0.933 bits per heavy atom. The monoisotopic (exact) mass is 459 g/mol. The molecular formula is C21H15Cl2N3O3S. The Kier molecular flexibility index (Phi) is 6.63. The zero-order chi connectivity index (χ0) is 21.7. The second kappa shape index (κ2) is 9.18. The normalized spacial score (nSPS) is 10.8. The van der Waals surface area contributed by atoms with Gasteiger partial charge in [-0.3, -0.25) is 9.52 Å². The van der Waals surface area contributed by atoms with E-state index < -0.39 is 10.0 Å². The van der Waals surface area contributed by atoms with Crippen LogP contribution in [0.15, 0.2) is 71.6 Å². The average Bonchev–Trinajstić information content (AvgIpc) is 2.71. The lowest BCUT2D eigenvalue weighted by atomic mass is 10.1. The number of nitrogens with one attached hydrogen (secondary N) is 2. The van der Waals surface area contributed by atoms with E-state index in [4.69, 9.17) is 28.5 Å². The van der Waals surface area contributed by atoms with Gasteiger partial charge in [-0.25, -0.2) is 8.42 Å². The third-order valence-electron chi connectivity index (χ3n) is 4.05. The molecule has 0 aliphatic carbocycles. The molecule has 0 spiro atoms. The Hall–Kier alpha value is -3.05. The first kappa shape index (κ1) is 21.7. The minimum atomic E-state index is -3.83. The average molecular weight is 460 g/mol. The van der Waals surface area contributed by atoms with Crippen molar-refractivity contribution in [2.45, 2.75) is 11.3 Å². The second-order valence-corrected chi connectivity index (χ2v) is 8.79. The van der Waals surface area contributed by atoms with Gasteiger partial charge in [0.15, 0.2) is 0 Å². The molecule has 6 nitrogen and oxygen atoms in total. The van der Waals surface area contributed by atoms with Crippen LogP contribution in [0, 0.1) is 11.3 Å². The van der Waals surface area contributed by atoms with Gasteiger partial charge in [0.2, 0.25) is 5.91 Å². The first-order valence-electron chi connectivity index (χ1n) is 8.64. The van der Waals surface area contributed by atoms with Crippen molar-refractivity contribution in [1.82, 2.24) is 0 Å². The quantitative estimate of drug-likeness (QED) is 0.550. The molecular weight excluding hydrogens is 445 g/mol. The van der Waals surface area contributed by atoms with E-state index in [-0.39, 0.29) is 27.3 Å². The van der Waals surface area contributed by atoms with Gasteiger partial charge in [0, 0.05) is 11.4 Å². The number of hydrogen-bond donors (Lipinski definition) is 2. The maximum absolute atomic E-state index is 12.5. The van der Waals surface area contributed by atoms with Crippen molar-refractivity contribution in [3.63, 3.8) is 0 Å². The van der Waals surface area contributed by atoms with Crippen molar-refractivity contribution < 1.29 is 13.2 Å². The molecule has 0 aliphatic rings. The number of amides is 1. The maximum Gasteiger partial charge on any atom is 0.261 e. The first-order valence-corrected chi connectivity index (χ1v) is 10.9. The van der Waals surface area contributed by atoms with E-state index in [1.807, 2.05) is 6.07 Å². The lowest BCUT2D eigenvalue weighted by molar-refractivity contribution is -0.115. The van der Waals surface area contributed by atoms with Crippen molar-refractivity contribution in [3.8, 4) is 6.07 Å². The fourth-order valence-electron chi connectivity index (χ4n) is 2.61. The van der Waals surface area contributed by atoms with Crippen LogP contribution in [-0.4, -0.2) is 14.3 Å². The molecule has 2 N–H and O–H groups in total. The van der Waals surface area contributed by atoms with Crippen molar-refractivity contribution in [2.75, 3.05) is 10.0 Å². The molecule has 0 aromatic heterocycles. The van der Waals surface area contributed by atoms with Crippen LogP contribution in [0.5, 0.6) is 0 Å². The zero-order valence-corrected chi connectivity index (χ0v) is 17.7. The van der Waals surface area contributed by atoms with Crippen LogP contribution in [0.2, 0.25) is 10.0 Å². The Morgan fingerprint density at radius 2 is 1.67 bits per heavy atom. The smallest absolute Gasteiger partial charge is 0.261 e. The predicted molar refractivity (Wildman–Crippen MR) is 117 cm³/mol. The molecule has 3 aromatic carbocycles. The van der Waals surface area contributed by atoms with E-state index in [1.165, 1.54) is 18.2 Å². The summed E-state index contributed by atoms with van der Waals surface area (Å²) < 4.78 is 27.4. The molecule has 0 saturated heterocycles. The Morgan fingerprint density at radius 3 is 2.33 bits per heavy atom. The van der Waals surface area contributed by atoms with Crippen LogP contribution in [0.3, 0.4) is 0 Å². The molecule has 3 rings (SSSR count). The van der Waals surface area contributed by atoms with Gasteiger partial charge in [0.05, 0.1) is 33.0 Å². The molecule has 0 radical (unpaired) electrons. The minimum Gasteiger partial charge on any atom is -0.326 e. The van der Waals surface area contributed by atoms with Crippen LogP contribution in [0.25, 0.3) is 0 Å². The molecule has 152 valence electrons. The van der Waals surface area contributed by atoms with Gasteiger partial charge in [-0.05, 0) is 54.1 Å². The molecule has 0 fully saturated rings. The van der Waals surface area contributed by atoms with Crippen molar-refractivity contribution in [2.24, 2.45) is 0 Å². The van der Waals surface area contributed by atoms with E-state index >= 15 is 0 Å². The van der Waals surface area contributed by atoms with Gasteiger partial charge >= 0.3 is 0 Å². The summed E-state index contributed by atoms with van der Waals surface area (Å²) in [5.41, 5.74) is 2.02. The van der Waals surface area contributed by atoms with Crippen molar-refractivity contribution in [3.05, 3.63) is 87.9 Å². The topological polar surface area (TPSA) is 99.1 Å². The number of carbonyl (C=O) groups excluding carboxylic acids is 1. The number of nitrogens with zero attached hydrogens (tertiary/aromatic N) is 1. The third kappa shape index (κ3) is 5.51. The van der Waals surface area contributed by atoms with Crippen molar-refractivity contribution >= 4 is 50.5 Å². The van der Waals surface area contributed by atoms with E-state index in [0.717, 1.165) is 0 Å². The first-order chi connectivity index (χ1) is 14.3. The highest BCUT2D eigenvalue weighted by molar-refractivity contribution is 7.92. The molecule has 0 atom stereocenters. The number of hydrogen-bond acceptors (Lipinski definition) is 4. The van der Waals surface area contributed by atoms with Crippen LogP contribution < -0.4 is 10.0 Å². The van der Waals surface area contributed by atoms with E-state index in [1.54, 1.807) is 48.5 Å². The lowest BCUT2D eigenvalue weighted by Crippen LogP contribution is -2.15. The molecule has 3 aromatic rings. The van der Waals surface area contributed by atoms with Crippen LogP contribution >= 0.6 is 23.2 Å². The fraction of sp³-hybridized carbons (Fsp3) is 0.0476. The zero-order valence-electron chi connectivity index (χ0n) is 15.4. The molecule has 0 heterocycles. The van der Waals surface area contributed by atoms with E-state index in [9.17, 15) is 13.2 Å². The van der Waals surface area contributed by atoms with Gasteiger partial charge in [-0.2, -0.15) is 5.26 Å². The standard InChI is InChI=1S/C21H15Cl2N3O3S/c22-19-9-8-18(12-20(19)23)30(28,29)26-16-6-4-14(5-7-16)11-21(27)25-17-3-1-2-15(10-17)13-24/h1-10,12,26H,11H2,(H,25,27). The Balaban J connectivity index is 1.65. The lowest BCUT2D eigenvalue weighted by Gasteiger charge is -2.10. The molecule has 0 aliphatic heterocycles. The van der Waals surface area contributed by atoms with Crippen LogP contribution in [0.1, 0.15) is 11.1 Å². The largest absolute Gasteiger partial charge is 0.326 e. The Labute approximate surface area is 184 Å². The molecule has 9 heteroatoms. The molecule has 0 unspecified atom stereocenters. The van der Waals surface area contributed by atoms with E-state index in [2.05, 4.69) is 10.0 Å². The van der Waals surface area contributed by atoms with Crippen molar-refractivity contribution in [1.29, 1.82) is 5.26 Å². The second-order valence-electron chi connectivity index (χ2n) is 6.30. The summed E-state index contributed by atoms with van der Waals surface area (Å²) >= 11 is 11.7. The van der Waals surface area contributed by atoms with Gasteiger partial charge in [-0.1, -0.05) is 41.4 Å². The molecule has 1 amide bonds. The molecule has 0 bridgehead atoms. The highest BCUT2D eigenvalue weighted by Crippen LogP contribution is 2.26. The van der Waals surface area contributed by atoms with Gasteiger partial charge in [0.25, 0.3) is 10.0 Å². The molecule has 0 saturated carbocycles. The number of sulfonamides is 1. The number of rotatable bonds is 6. The summed E-state index contributed by atoms with van der Waals surface area (Å²) in [5, 5.41) is 12.0. The third-order valence-corrected chi connectivity index (χ3v) is 6.17. The van der Waals surface area contributed by atoms with Crippen LogP contribution in [0.4, 0.5) is 11.4 Å². The number of anilines is 2.